The summed E-state index contributed by atoms with van der Waals surface area (Å²) >= 11 is 0. The molecule has 0 spiro atoms. The number of likely N-dealkylation sites (N-methyl/N-ethyl adjacent to an activating group) is 1. The summed E-state index contributed by atoms with van der Waals surface area (Å²) in [5.74, 6) is 0. The van der Waals surface area contributed by atoms with Crippen molar-refractivity contribution in [1.82, 2.24) is 5.32 Å². The Balaban J connectivity index is 2.78. The summed E-state index contributed by atoms with van der Waals surface area (Å²) in [6.45, 7) is 15.7. The molecule has 0 aromatic heterocycles. The topological polar surface area (TPSA) is 30.5 Å². The fraction of sp³-hybridized carbons (Fsp3) is 1.00. The SMILES string of the molecule is CCNC(COC(C)C)C1(OCC)CCC(C)(C)CC1. The van der Waals surface area contributed by atoms with E-state index in [-0.39, 0.29) is 11.7 Å². The van der Waals surface area contributed by atoms with Crippen LogP contribution >= 0.6 is 0 Å². The van der Waals surface area contributed by atoms with Crippen molar-refractivity contribution in [3.63, 3.8) is 0 Å². The van der Waals surface area contributed by atoms with Crippen LogP contribution in [0.25, 0.3) is 0 Å². The summed E-state index contributed by atoms with van der Waals surface area (Å²) in [6.07, 6.45) is 5.00. The Labute approximate surface area is 125 Å². The van der Waals surface area contributed by atoms with Crippen LogP contribution in [0.1, 0.15) is 67.2 Å². The Morgan fingerprint density at radius 3 is 2.10 bits per heavy atom. The highest BCUT2D eigenvalue weighted by Gasteiger charge is 2.44. The molecule has 1 N–H and O–H groups in total. The first-order chi connectivity index (χ1) is 9.35. The van der Waals surface area contributed by atoms with Crippen molar-refractivity contribution in [3.8, 4) is 0 Å². The molecule has 0 radical (unpaired) electrons. The summed E-state index contributed by atoms with van der Waals surface area (Å²) in [5.41, 5.74) is 0.408. The van der Waals surface area contributed by atoms with Gasteiger partial charge in [0.2, 0.25) is 0 Å². The molecule has 0 aromatic carbocycles. The molecule has 0 aromatic rings. The van der Waals surface area contributed by atoms with E-state index in [0.29, 0.717) is 11.5 Å². The number of rotatable bonds is 8. The fourth-order valence-corrected chi connectivity index (χ4v) is 3.16. The van der Waals surface area contributed by atoms with Gasteiger partial charge in [-0.25, -0.2) is 0 Å². The second-order valence-electron chi connectivity index (χ2n) is 7.15. The average molecular weight is 285 g/mol. The zero-order valence-electron chi connectivity index (χ0n) is 14.4. The highest BCUT2D eigenvalue weighted by Crippen LogP contribution is 2.43. The van der Waals surface area contributed by atoms with Gasteiger partial charge in [-0.15, -0.1) is 0 Å². The lowest BCUT2D eigenvalue weighted by atomic mass is 9.68. The summed E-state index contributed by atoms with van der Waals surface area (Å²) in [7, 11) is 0. The maximum atomic E-state index is 6.27. The van der Waals surface area contributed by atoms with Crippen LogP contribution in [-0.4, -0.2) is 37.5 Å². The molecule has 1 unspecified atom stereocenters. The van der Waals surface area contributed by atoms with E-state index >= 15 is 0 Å². The van der Waals surface area contributed by atoms with Crippen LogP contribution < -0.4 is 5.32 Å². The zero-order chi connectivity index (χ0) is 15.2. The number of ether oxygens (including phenoxy) is 2. The van der Waals surface area contributed by atoms with Crippen molar-refractivity contribution in [2.45, 2.75) is 85.0 Å². The number of hydrogen-bond acceptors (Lipinski definition) is 3. The van der Waals surface area contributed by atoms with Gasteiger partial charge in [0.25, 0.3) is 0 Å². The molecule has 1 aliphatic rings. The summed E-state index contributed by atoms with van der Waals surface area (Å²) < 4.78 is 12.2. The maximum absolute atomic E-state index is 6.27. The highest BCUT2D eigenvalue weighted by atomic mass is 16.5. The zero-order valence-corrected chi connectivity index (χ0v) is 14.4. The quantitative estimate of drug-likeness (QED) is 0.736. The minimum atomic E-state index is -0.0465. The van der Waals surface area contributed by atoms with Crippen LogP contribution in [0.5, 0.6) is 0 Å². The third-order valence-corrected chi connectivity index (χ3v) is 4.56. The van der Waals surface area contributed by atoms with Gasteiger partial charge in [-0.2, -0.15) is 0 Å². The summed E-state index contributed by atoms with van der Waals surface area (Å²) in [5, 5.41) is 3.61. The molecule has 0 amide bonds. The Morgan fingerprint density at radius 1 is 1.05 bits per heavy atom. The second kappa shape index (κ2) is 7.77. The molecule has 3 heteroatoms. The van der Waals surface area contributed by atoms with Gasteiger partial charge in [-0.3, -0.25) is 0 Å². The largest absolute Gasteiger partial charge is 0.377 e. The highest BCUT2D eigenvalue weighted by molar-refractivity contribution is 4.99. The summed E-state index contributed by atoms with van der Waals surface area (Å²) in [6, 6.07) is 0.297. The van der Waals surface area contributed by atoms with Crippen molar-refractivity contribution < 1.29 is 9.47 Å². The van der Waals surface area contributed by atoms with Crippen molar-refractivity contribution in [2.75, 3.05) is 19.8 Å². The molecule has 0 aliphatic heterocycles. The first-order valence-corrected chi connectivity index (χ1v) is 8.34. The minimum Gasteiger partial charge on any atom is -0.377 e. The van der Waals surface area contributed by atoms with E-state index in [1.807, 2.05) is 0 Å². The molecule has 1 aliphatic carbocycles. The molecule has 0 heterocycles. The Morgan fingerprint density at radius 2 is 1.65 bits per heavy atom. The first-order valence-electron chi connectivity index (χ1n) is 8.34. The van der Waals surface area contributed by atoms with Crippen molar-refractivity contribution in [2.24, 2.45) is 5.41 Å². The van der Waals surface area contributed by atoms with Gasteiger partial charge in [0, 0.05) is 6.61 Å². The lowest BCUT2D eigenvalue weighted by molar-refractivity contribution is -0.123. The van der Waals surface area contributed by atoms with E-state index in [0.717, 1.165) is 32.6 Å². The predicted octanol–water partition coefficient (Wildman–Crippen LogP) is 3.77. The van der Waals surface area contributed by atoms with E-state index in [4.69, 9.17) is 9.47 Å². The van der Waals surface area contributed by atoms with Crippen molar-refractivity contribution in [1.29, 1.82) is 0 Å². The smallest absolute Gasteiger partial charge is 0.0857 e. The Kier molecular flexibility index (Phi) is 6.96. The van der Waals surface area contributed by atoms with E-state index in [1.54, 1.807) is 0 Å². The van der Waals surface area contributed by atoms with E-state index in [9.17, 15) is 0 Å². The minimum absolute atomic E-state index is 0.0465. The molecule has 0 saturated heterocycles. The molecular formula is C17H35NO2. The normalized spacial score (nSPS) is 22.9. The molecule has 1 rings (SSSR count). The Hall–Kier alpha value is -0.120. The fourth-order valence-electron chi connectivity index (χ4n) is 3.16. The summed E-state index contributed by atoms with van der Waals surface area (Å²) in [4.78, 5) is 0. The Bertz CT molecular complexity index is 266. The van der Waals surface area contributed by atoms with Crippen LogP contribution in [0, 0.1) is 5.41 Å². The predicted molar refractivity (Wildman–Crippen MR) is 85.2 cm³/mol. The van der Waals surface area contributed by atoms with Gasteiger partial charge < -0.3 is 14.8 Å². The van der Waals surface area contributed by atoms with Crippen LogP contribution in [0.4, 0.5) is 0 Å². The number of hydrogen-bond donors (Lipinski definition) is 1. The molecule has 1 saturated carbocycles. The molecule has 1 fully saturated rings. The second-order valence-corrected chi connectivity index (χ2v) is 7.15. The van der Waals surface area contributed by atoms with Gasteiger partial charge in [0.15, 0.2) is 0 Å². The molecule has 120 valence electrons. The molecule has 3 nitrogen and oxygen atoms in total. The van der Waals surface area contributed by atoms with E-state index in [2.05, 4.69) is 46.9 Å². The van der Waals surface area contributed by atoms with E-state index < -0.39 is 0 Å². The molecule has 20 heavy (non-hydrogen) atoms. The third-order valence-electron chi connectivity index (χ3n) is 4.56. The lowest BCUT2D eigenvalue weighted by Crippen LogP contribution is -2.57. The van der Waals surface area contributed by atoms with E-state index in [1.165, 1.54) is 12.8 Å². The average Bonchev–Trinajstić information content (AvgIpc) is 2.37. The molecule has 1 atom stereocenters. The number of nitrogens with one attached hydrogen (secondary N) is 1. The maximum Gasteiger partial charge on any atom is 0.0857 e. The van der Waals surface area contributed by atoms with Crippen molar-refractivity contribution in [3.05, 3.63) is 0 Å². The van der Waals surface area contributed by atoms with Crippen LogP contribution in [0.15, 0.2) is 0 Å². The van der Waals surface area contributed by atoms with Gasteiger partial charge in [-0.1, -0.05) is 20.8 Å². The first kappa shape index (κ1) is 17.9. The standard InChI is InChI=1S/C17H35NO2/c1-7-18-15(13-19-14(3)4)17(20-8-2)11-9-16(5,6)10-12-17/h14-15,18H,7-13H2,1-6H3. The third kappa shape index (κ3) is 5.01. The molecule has 0 bridgehead atoms. The van der Waals surface area contributed by atoms with Crippen molar-refractivity contribution >= 4 is 0 Å². The van der Waals surface area contributed by atoms with Crippen LogP contribution in [-0.2, 0) is 9.47 Å². The monoisotopic (exact) mass is 285 g/mol. The van der Waals surface area contributed by atoms with Crippen LogP contribution in [0.2, 0.25) is 0 Å². The van der Waals surface area contributed by atoms with Gasteiger partial charge in [-0.05, 0) is 58.4 Å². The lowest BCUT2D eigenvalue weighted by Gasteiger charge is -2.47. The van der Waals surface area contributed by atoms with Crippen LogP contribution in [0.3, 0.4) is 0 Å². The molecular weight excluding hydrogens is 250 g/mol. The van der Waals surface area contributed by atoms with Gasteiger partial charge >= 0.3 is 0 Å². The van der Waals surface area contributed by atoms with Gasteiger partial charge in [0.1, 0.15) is 0 Å². The van der Waals surface area contributed by atoms with Gasteiger partial charge in [0.05, 0.1) is 24.4 Å².